The number of ether oxygens (including phenoxy) is 2. The number of hydrogen-bond donors (Lipinski definition) is 1. The van der Waals surface area contributed by atoms with Crippen LogP contribution in [0.3, 0.4) is 0 Å². The van der Waals surface area contributed by atoms with Gasteiger partial charge in [-0.15, -0.1) is 0 Å². The minimum atomic E-state index is -0.689. The van der Waals surface area contributed by atoms with Gasteiger partial charge in [-0.3, -0.25) is 5.32 Å². The van der Waals surface area contributed by atoms with Gasteiger partial charge in [-0.25, -0.2) is 9.59 Å². The van der Waals surface area contributed by atoms with E-state index in [1.807, 2.05) is 0 Å². The number of nitrogens with one attached hydrogen (secondary N) is 1. The lowest BCUT2D eigenvalue weighted by molar-refractivity contribution is 0.0602. The third kappa shape index (κ3) is 4.38. The molecule has 0 fully saturated rings. The molecule has 7 heteroatoms. The van der Waals surface area contributed by atoms with Crippen molar-refractivity contribution in [2.24, 2.45) is 0 Å². The fraction of sp³-hybridized carbons (Fsp3) is 0.385. The summed E-state index contributed by atoms with van der Waals surface area (Å²) >= 11 is 9.19. The fourth-order valence-electron chi connectivity index (χ4n) is 1.36. The first-order valence-corrected chi connectivity index (χ1v) is 6.89. The summed E-state index contributed by atoms with van der Waals surface area (Å²) in [6.45, 7) is 5.21. The molecular formula is C13H15BrClNO4. The van der Waals surface area contributed by atoms with E-state index in [4.69, 9.17) is 16.3 Å². The minimum absolute atomic E-state index is 0.176. The molecule has 1 amide bonds. The molecule has 0 unspecified atom stereocenters. The number of anilines is 1. The molecule has 0 spiro atoms. The van der Waals surface area contributed by atoms with Crippen molar-refractivity contribution >= 4 is 45.3 Å². The Morgan fingerprint density at radius 3 is 2.40 bits per heavy atom. The molecule has 0 aliphatic carbocycles. The quantitative estimate of drug-likeness (QED) is 0.797. The number of methoxy groups -OCH3 is 1. The van der Waals surface area contributed by atoms with Crippen LogP contribution >= 0.6 is 27.5 Å². The summed E-state index contributed by atoms with van der Waals surface area (Å²) < 4.78 is 10.2. The zero-order valence-electron chi connectivity index (χ0n) is 11.5. The maximum absolute atomic E-state index is 11.8. The zero-order valence-corrected chi connectivity index (χ0v) is 13.9. The summed E-state index contributed by atoms with van der Waals surface area (Å²) in [6, 6.07) is 2.99. The molecule has 0 radical (unpaired) electrons. The molecule has 0 heterocycles. The summed E-state index contributed by atoms with van der Waals surface area (Å²) in [7, 11) is 1.25. The van der Waals surface area contributed by atoms with Crippen LogP contribution in [-0.4, -0.2) is 24.8 Å². The van der Waals surface area contributed by atoms with Crippen molar-refractivity contribution in [3.05, 3.63) is 27.2 Å². The monoisotopic (exact) mass is 363 g/mol. The Bertz CT molecular complexity index is 540. The van der Waals surface area contributed by atoms with Crippen LogP contribution in [0, 0.1) is 0 Å². The van der Waals surface area contributed by atoms with E-state index in [0.29, 0.717) is 9.50 Å². The van der Waals surface area contributed by atoms with E-state index in [-0.39, 0.29) is 11.3 Å². The molecule has 1 aromatic rings. The minimum Gasteiger partial charge on any atom is -0.465 e. The SMILES string of the molecule is COC(=O)c1ccc(Cl)c(Br)c1NC(=O)OC(C)(C)C. The number of hydrogen-bond acceptors (Lipinski definition) is 4. The van der Waals surface area contributed by atoms with Gasteiger partial charge in [0, 0.05) is 0 Å². The van der Waals surface area contributed by atoms with Crippen LogP contribution in [0.25, 0.3) is 0 Å². The van der Waals surface area contributed by atoms with Gasteiger partial charge in [-0.2, -0.15) is 0 Å². The van der Waals surface area contributed by atoms with Gasteiger partial charge in [-0.05, 0) is 48.8 Å². The van der Waals surface area contributed by atoms with Gasteiger partial charge in [0.25, 0.3) is 0 Å². The van der Waals surface area contributed by atoms with Crippen LogP contribution in [0.1, 0.15) is 31.1 Å². The molecule has 1 rings (SSSR count). The number of benzene rings is 1. The average Bonchev–Trinajstić information content (AvgIpc) is 2.32. The lowest BCUT2D eigenvalue weighted by atomic mass is 10.2. The van der Waals surface area contributed by atoms with Crippen molar-refractivity contribution in [1.82, 2.24) is 0 Å². The predicted octanol–water partition coefficient (Wildman–Crippen LogP) is 4.24. The van der Waals surface area contributed by atoms with Crippen molar-refractivity contribution in [3.8, 4) is 0 Å². The molecule has 0 bridgehead atoms. The van der Waals surface area contributed by atoms with Gasteiger partial charge in [0.15, 0.2) is 0 Å². The highest BCUT2D eigenvalue weighted by molar-refractivity contribution is 9.10. The van der Waals surface area contributed by atoms with Crippen LogP contribution < -0.4 is 5.32 Å². The van der Waals surface area contributed by atoms with E-state index in [2.05, 4.69) is 26.0 Å². The molecule has 0 saturated carbocycles. The maximum Gasteiger partial charge on any atom is 0.412 e. The Balaban J connectivity index is 3.12. The molecule has 1 aromatic carbocycles. The highest BCUT2D eigenvalue weighted by atomic mass is 79.9. The van der Waals surface area contributed by atoms with E-state index in [1.54, 1.807) is 20.8 Å². The van der Waals surface area contributed by atoms with Crippen molar-refractivity contribution in [2.45, 2.75) is 26.4 Å². The standard InChI is InChI=1S/C13H15BrClNO4/c1-13(2,3)20-12(18)16-10-7(11(17)19-4)5-6-8(15)9(10)14/h5-6H,1-4H3,(H,16,18). The number of amides is 1. The summed E-state index contributed by atoms with van der Waals surface area (Å²) in [5, 5.41) is 2.85. The second-order valence-electron chi connectivity index (χ2n) is 4.90. The first kappa shape index (κ1) is 16.8. The van der Waals surface area contributed by atoms with Gasteiger partial charge in [0.05, 0.1) is 27.9 Å². The zero-order chi connectivity index (χ0) is 15.5. The summed E-state index contributed by atoms with van der Waals surface area (Å²) in [4.78, 5) is 23.5. The summed E-state index contributed by atoms with van der Waals surface area (Å²) in [6.07, 6.45) is -0.689. The van der Waals surface area contributed by atoms with Crippen LogP contribution in [0.2, 0.25) is 5.02 Å². The second kappa shape index (κ2) is 6.45. The number of rotatable bonds is 2. The molecule has 20 heavy (non-hydrogen) atoms. The molecule has 1 N–H and O–H groups in total. The largest absolute Gasteiger partial charge is 0.465 e. The number of carbonyl (C=O) groups is 2. The first-order valence-electron chi connectivity index (χ1n) is 5.72. The van der Waals surface area contributed by atoms with E-state index in [1.165, 1.54) is 19.2 Å². The topological polar surface area (TPSA) is 64.6 Å². The van der Waals surface area contributed by atoms with Gasteiger partial charge in [-0.1, -0.05) is 11.6 Å². The number of halogens is 2. The maximum atomic E-state index is 11.8. The van der Waals surface area contributed by atoms with E-state index >= 15 is 0 Å². The molecule has 0 aromatic heterocycles. The van der Waals surface area contributed by atoms with E-state index < -0.39 is 17.7 Å². The Morgan fingerprint density at radius 2 is 1.90 bits per heavy atom. The Kier molecular flexibility index (Phi) is 5.42. The molecule has 0 aliphatic heterocycles. The lowest BCUT2D eigenvalue weighted by Gasteiger charge is -2.20. The van der Waals surface area contributed by atoms with Gasteiger partial charge >= 0.3 is 12.1 Å². The third-order valence-electron chi connectivity index (χ3n) is 2.13. The van der Waals surface area contributed by atoms with E-state index in [0.717, 1.165) is 0 Å². The highest BCUT2D eigenvalue weighted by Gasteiger charge is 2.22. The fourth-order valence-corrected chi connectivity index (χ4v) is 1.96. The molecule has 5 nitrogen and oxygen atoms in total. The third-order valence-corrected chi connectivity index (χ3v) is 3.49. The molecule has 0 atom stereocenters. The van der Waals surface area contributed by atoms with Crippen molar-refractivity contribution in [1.29, 1.82) is 0 Å². The van der Waals surface area contributed by atoms with Crippen molar-refractivity contribution in [2.75, 3.05) is 12.4 Å². The molecule has 0 aliphatic rings. The number of carbonyl (C=O) groups excluding carboxylic acids is 2. The summed E-state index contributed by atoms with van der Waals surface area (Å²) in [5.74, 6) is -0.589. The first-order chi connectivity index (χ1) is 9.15. The lowest BCUT2D eigenvalue weighted by Crippen LogP contribution is -2.28. The molecule has 0 saturated heterocycles. The van der Waals surface area contributed by atoms with Crippen molar-refractivity contribution in [3.63, 3.8) is 0 Å². The molecule has 110 valence electrons. The summed E-state index contributed by atoms with van der Waals surface area (Å²) in [5.41, 5.74) is -0.270. The molecular weight excluding hydrogens is 350 g/mol. The van der Waals surface area contributed by atoms with Crippen LogP contribution in [0.5, 0.6) is 0 Å². The smallest absolute Gasteiger partial charge is 0.412 e. The van der Waals surface area contributed by atoms with Crippen LogP contribution in [0.4, 0.5) is 10.5 Å². The Hall–Kier alpha value is -1.27. The van der Waals surface area contributed by atoms with Crippen LogP contribution in [-0.2, 0) is 9.47 Å². The normalized spacial score (nSPS) is 10.9. The number of esters is 1. The van der Waals surface area contributed by atoms with Crippen LogP contribution in [0.15, 0.2) is 16.6 Å². The van der Waals surface area contributed by atoms with E-state index in [9.17, 15) is 9.59 Å². The van der Waals surface area contributed by atoms with Gasteiger partial charge in [0.1, 0.15) is 5.60 Å². The van der Waals surface area contributed by atoms with Gasteiger partial charge < -0.3 is 9.47 Å². The second-order valence-corrected chi connectivity index (χ2v) is 6.10. The Labute approximate surface area is 130 Å². The Morgan fingerprint density at radius 1 is 1.30 bits per heavy atom. The predicted molar refractivity (Wildman–Crippen MR) is 80.3 cm³/mol. The van der Waals surface area contributed by atoms with Gasteiger partial charge in [0.2, 0.25) is 0 Å². The van der Waals surface area contributed by atoms with Crippen molar-refractivity contribution < 1.29 is 19.1 Å². The average molecular weight is 365 g/mol. The highest BCUT2D eigenvalue weighted by Crippen LogP contribution is 2.34.